The Kier molecular flexibility index (Phi) is 4.93. The Labute approximate surface area is 257 Å². The van der Waals surface area contributed by atoms with Gasteiger partial charge in [0.05, 0.1) is 16.8 Å². The topological polar surface area (TPSA) is 64.7 Å². The summed E-state index contributed by atoms with van der Waals surface area (Å²) >= 11 is 0. The highest BCUT2D eigenvalue weighted by Gasteiger charge is 2.27. The maximum absolute atomic E-state index is 6.26. The molecule has 208 valence electrons. The van der Waals surface area contributed by atoms with E-state index in [0.29, 0.717) is 17.3 Å². The molecular weight excluding hydrogens is 552 g/mol. The lowest BCUT2D eigenvalue weighted by Gasteiger charge is -2.08. The van der Waals surface area contributed by atoms with E-state index in [2.05, 4.69) is 103 Å². The molecule has 0 saturated heterocycles. The van der Waals surface area contributed by atoms with Crippen LogP contribution in [0.3, 0.4) is 0 Å². The summed E-state index contributed by atoms with van der Waals surface area (Å²) in [7, 11) is 0. The lowest BCUT2D eigenvalue weighted by atomic mass is 10.0. The number of nitrogens with zero attached hydrogens (tertiary/aromatic N) is 4. The van der Waals surface area contributed by atoms with E-state index in [0.717, 1.165) is 71.9 Å². The molecule has 5 heteroatoms. The second-order valence-electron chi connectivity index (χ2n) is 11.5. The number of fused-ring (bicyclic) bond motifs is 7. The molecular formula is C40H22N4O. The summed E-state index contributed by atoms with van der Waals surface area (Å²) in [6.45, 7) is 0. The monoisotopic (exact) mass is 574 g/mol. The van der Waals surface area contributed by atoms with Crippen molar-refractivity contribution in [2.45, 2.75) is 0 Å². The Morgan fingerprint density at radius 1 is 0.400 bits per heavy atom. The van der Waals surface area contributed by atoms with Crippen LogP contribution in [-0.2, 0) is 0 Å². The van der Waals surface area contributed by atoms with Crippen molar-refractivity contribution in [3.05, 3.63) is 133 Å². The summed E-state index contributed by atoms with van der Waals surface area (Å²) in [4.78, 5) is 20.3. The van der Waals surface area contributed by atoms with Crippen molar-refractivity contribution in [1.82, 2.24) is 19.9 Å². The number of aromatic nitrogens is 4. The lowest BCUT2D eigenvalue weighted by Crippen LogP contribution is -1.98. The third-order valence-corrected chi connectivity index (χ3v) is 8.84. The molecule has 0 fully saturated rings. The van der Waals surface area contributed by atoms with Gasteiger partial charge in [0.25, 0.3) is 0 Å². The van der Waals surface area contributed by atoms with Gasteiger partial charge < -0.3 is 4.42 Å². The van der Waals surface area contributed by atoms with Crippen molar-refractivity contribution in [1.29, 1.82) is 0 Å². The van der Waals surface area contributed by atoms with Gasteiger partial charge in [-0.1, -0.05) is 103 Å². The van der Waals surface area contributed by atoms with Crippen LogP contribution in [0.25, 0.3) is 100 Å². The standard InChI is InChI=1S/C40H22N4O/c1-2-8-23(9-3-1)24-14-16-25(17-15-24)38-41-36-29-12-6-7-13-30(29)37-35(36)40(43-38)44-39(42-37)28-18-19-33-31(21-28)32-20-26-10-4-5-11-27(26)22-34(32)45-33/h1-22H. The maximum atomic E-state index is 6.26. The fourth-order valence-corrected chi connectivity index (χ4v) is 6.62. The van der Waals surface area contributed by atoms with Gasteiger partial charge in [-0.15, -0.1) is 0 Å². The van der Waals surface area contributed by atoms with E-state index in [4.69, 9.17) is 24.4 Å². The van der Waals surface area contributed by atoms with Gasteiger partial charge in [0.2, 0.25) is 0 Å². The average Bonchev–Trinajstić information content (AvgIpc) is 3.62. The molecule has 3 heterocycles. The Morgan fingerprint density at radius 2 is 0.956 bits per heavy atom. The molecule has 9 aromatic rings. The van der Waals surface area contributed by atoms with Crippen LogP contribution in [-0.4, -0.2) is 19.9 Å². The van der Waals surface area contributed by atoms with Gasteiger partial charge in [-0.05, 0) is 52.2 Å². The van der Waals surface area contributed by atoms with Gasteiger partial charge in [0.1, 0.15) is 11.2 Å². The Morgan fingerprint density at radius 3 is 1.69 bits per heavy atom. The van der Waals surface area contributed by atoms with Crippen molar-refractivity contribution in [2.75, 3.05) is 0 Å². The molecule has 0 aliphatic heterocycles. The number of benzene rings is 6. The van der Waals surface area contributed by atoms with E-state index in [1.165, 1.54) is 10.9 Å². The second kappa shape index (κ2) is 9.15. The molecule has 10 rings (SSSR count). The quantitative estimate of drug-likeness (QED) is 0.210. The first-order chi connectivity index (χ1) is 22.3. The molecule has 45 heavy (non-hydrogen) atoms. The first-order valence-electron chi connectivity index (χ1n) is 15.0. The minimum Gasteiger partial charge on any atom is -0.456 e. The smallest absolute Gasteiger partial charge is 0.168 e. The predicted octanol–water partition coefficient (Wildman–Crippen LogP) is 10.1. The average molecular weight is 575 g/mol. The number of furan rings is 1. The van der Waals surface area contributed by atoms with Gasteiger partial charge in [-0.2, -0.15) is 0 Å². The zero-order chi connectivity index (χ0) is 29.5. The zero-order valence-electron chi connectivity index (χ0n) is 23.9. The van der Waals surface area contributed by atoms with Crippen LogP contribution < -0.4 is 0 Å². The number of hydrogen-bond donors (Lipinski definition) is 0. The van der Waals surface area contributed by atoms with E-state index >= 15 is 0 Å². The minimum atomic E-state index is 0.626. The fraction of sp³-hybridized carbons (Fsp3) is 0. The van der Waals surface area contributed by atoms with Crippen LogP contribution >= 0.6 is 0 Å². The largest absolute Gasteiger partial charge is 0.456 e. The summed E-state index contributed by atoms with van der Waals surface area (Å²) in [5, 5.41) is 5.34. The molecule has 3 aromatic heterocycles. The molecule has 5 nitrogen and oxygen atoms in total. The van der Waals surface area contributed by atoms with E-state index in [9.17, 15) is 0 Å². The van der Waals surface area contributed by atoms with Crippen LogP contribution in [0.4, 0.5) is 0 Å². The minimum absolute atomic E-state index is 0.626. The summed E-state index contributed by atoms with van der Waals surface area (Å²) in [6, 6.07) is 45.9. The molecule has 6 aromatic carbocycles. The molecule has 0 bridgehead atoms. The Hall–Kier alpha value is -6.20. The van der Waals surface area contributed by atoms with Gasteiger partial charge in [-0.3, -0.25) is 0 Å². The van der Waals surface area contributed by atoms with Crippen LogP contribution in [0, 0.1) is 0 Å². The van der Waals surface area contributed by atoms with Crippen molar-refractivity contribution < 1.29 is 4.42 Å². The lowest BCUT2D eigenvalue weighted by molar-refractivity contribution is 0.669. The second-order valence-corrected chi connectivity index (χ2v) is 11.5. The number of hydrogen-bond acceptors (Lipinski definition) is 5. The molecule has 1 aliphatic carbocycles. The van der Waals surface area contributed by atoms with Crippen LogP contribution in [0.1, 0.15) is 0 Å². The molecule has 0 radical (unpaired) electrons. The van der Waals surface area contributed by atoms with Gasteiger partial charge in [0.15, 0.2) is 17.3 Å². The normalized spacial score (nSPS) is 12.0. The first kappa shape index (κ1) is 24.3. The van der Waals surface area contributed by atoms with Crippen molar-refractivity contribution in [3.8, 4) is 56.4 Å². The van der Waals surface area contributed by atoms with Crippen LogP contribution in [0.5, 0.6) is 0 Å². The predicted molar refractivity (Wildman–Crippen MR) is 181 cm³/mol. The maximum Gasteiger partial charge on any atom is 0.168 e. The molecule has 0 amide bonds. The molecule has 0 saturated carbocycles. The zero-order valence-corrected chi connectivity index (χ0v) is 23.9. The molecule has 1 aliphatic rings. The van der Waals surface area contributed by atoms with Crippen LogP contribution in [0.2, 0.25) is 0 Å². The highest BCUT2D eigenvalue weighted by Crippen LogP contribution is 2.46. The molecule has 0 N–H and O–H groups in total. The highest BCUT2D eigenvalue weighted by molar-refractivity contribution is 6.13. The van der Waals surface area contributed by atoms with Crippen molar-refractivity contribution in [2.24, 2.45) is 0 Å². The first-order valence-corrected chi connectivity index (χ1v) is 15.0. The third-order valence-electron chi connectivity index (χ3n) is 8.84. The van der Waals surface area contributed by atoms with E-state index in [1.807, 2.05) is 30.3 Å². The molecule has 0 atom stereocenters. The highest BCUT2D eigenvalue weighted by atomic mass is 16.3. The van der Waals surface area contributed by atoms with Gasteiger partial charge >= 0.3 is 0 Å². The Balaban J connectivity index is 1.16. The van der Waals surface area contributed by atoms with E-state index < -0.39 is 0 Å². The van der Waals surface area contributed by atoms with Crippen molar-refractivity contribution >= 4 is 43.7 Å². The summed E-state index contributed by atoms with van der Waals surface area (Å²) in [5.74, 6) is 1.27. The van der Waals surface area contributed by atoms with Crippen LogP contribution in [0.15, 0.2) is 138 Å². The third kappa shape index (κ3) is 3.68. The van der Waals surface area contributed by atoms with Crippen molar-refractivity contribution in [3.63, 3.8) is 0 Å². The molecule has 0 spiro atoms. The summed E-state index contributed by atoms with van der Waals surface area (Å²) < 4.78 is 6.26. The fourth-order valence-electron chi connectivity index (χ4n) is 6.62. The number of rotatable bonds is 3. The molecule has 0 unspecified atom stereocenters. The van der Waals surface area contributed by atoms with E-state index in [-0.39, 0.29) is 0 Å². The summed E-state index contributed by atoms with van der Waals surface area (Å²) in [5.41, 5.74) is 10.4. The SMILES string of the molecule is c1ccc(-c2ccc(-c3nc4c5c(nc(-c6ccc7oc8cc9ccccc9cc8c7c6)nc5n3)-c3ccccc3-4)cc2)cc1. The van der Waals surface area contributed by atoms with E-state index in [1.54, 1.807) is 0 Å². The van der Waals surface area contributed by atoms with Gasteiger partial charge in [-0.25, -0.2) is 19.9 Å². The Bertz CT molecular complexity index is 2640. The summed E-state index contributed by atoms with van der Waals surface area (Å²) in [6.07, 6.45) is 0. The van der Waals surface area contributed by atoms with Gasteiger partial charge in [0, 0.05) is 33.0 Å².